The molecule has 1 N–H and O–H groups in total. The van der Waals surface area contributed by atoms with Crippen LogP contribution >= 0.6 is 0 Å². The van der Waals surface area contributed by atoms with Gasteiger partial charge in [0.2, 0.25) is 0 Å². The van der Waals surface area contributed by atoms with Crippen molar-refractivity contribution in [2.75, 3.05) is 25.5 Å². The predicted octanol–water partition coefficient (Wildman–Crippen LogP) is 3.44. The number of anilines is 1. The molecular formula is C17H23N3. The van der Waals surface area contributed by atoms with E-state index < -0.39 is 0 Å². The summed E-state index contributed by atoms with van der Waals surface area (Å²) < 4.78 is 0. The lowest BCUT2D eigenvalue weighted by atomic mass is 10.0. The van der Waals surface area contributed by atoms with E-state index in [1.807, 2.05) is 6.07 Å². The van der Waals surface area contributed by atoms with Crippen LogP contribution in [0.2, 0.25) is 0 Å². The summed E-state index contributed by atoms with van der Waals surface area (Å²) in [5, 5.41) is 4.87. The van der Waals surface area contributed by atoms with E-state index in [4.69, 9.17) is 0 Å². The van der Waals surface area contributed by atoms with Gasteiger partial charge in [-0.2, -0.15) is 0 Å². The van der Waals surface area contributed by atoms with Gasteiger partial charge >= 0.3 is 0 Å². The molecule has 3 nitrogen and oxygen atoms in total. The van der Waals surface area contributed by atoms with Crippen LogP contribution in [0.15, 0.2) is 30.3 Å². The van der Waals surface area contributed by atoms with E-state index in [0.29, 0.717) is 6.04 Å². The third-order valence-electron chi connectivity index (χ3n) is 4.29. The summed E-state index contributed by atoms with van der Waals surface area (Å²) in [6, 6.07) is 11.2. The minimum absolute atomic E-state index is 0.649. The summed E-state index contributed by atoms with van der Waals surface area (Å²) in [5.74, 6) is 0. The van der Waals surface area contributed by atoms with Gasteiger partial charge in [-0.05, 0) is 45.5 Å². The van der Waals surface area contributed by atoms with Gasteiger partial charge in [0.25, 0.3) is 0 Å². The molecule has 1 aliphatic heterocycles. The van der Waals surface area contributed by atoms with E-state index in [-0.39, 0.29) is 0 Å². The molecule has 0 spiro atoms. The smallest absolute Gasteiger partial charge is 0.0725 e. The lowest BCUT2D eigenvalue weighted by Crippen LogP contribution is -2.40. The summed E-state index contributed by atoms with van der Waals surface area (Å²) in [6.07, 6.45) is 3.99. The second-order valence-corrected chi connectivity index (χ2v) is 5.84. The van der Waals surface area contributed by atoms with Crippen LogP contribution in [0.4, 0.5) is 5.69 Å². The molecule has 0 bridgehead atoms. The Morgan fingerprint density at radius 1 is 1.30 bits per heavy atom. The van der Waals surface area contributed by atoms with Crippen molar-refractivity contribution in [3.8, 4) is 0 Å². The number of likely N-dealkylation sites (N-methyl/N-ethyl adjacent to an activating group) is 1. The molecule has 20 heavy (non-hydrogen) atoms. The molecule has 1 aromatic carbocycles. The number of piperidine rings is 1. The Hall–Kier alpha value is -1.61. The molecule has 1 aromatic heterocycles. The Morgan fingerprint density at radius 3 is 3.00 bits per heavy atom. The molecule has 0 saturated carbocycles. The first kappa shape index (κ1) is 13.4. The monoisotopic (exact) mass is 269 g/mol. The zero-order chi connectivity index (χ0) is 13.9. The maximum Gasteiger partial charge on any atom is 0.0725 e. The number of nitrogens with one attached hydrogen (secondary N) is 1. The maximum atomic E-state index is 4.60. The fourth-order valence-electron chi connectivity index (χ4n) is 3.08. The van der Waals surface area contributed by atoms with Gasteiger partial charge in [-0.15, -0.1) is 0 Å². The van der Waals surface area contributed by atoms with E-state index in [1.54, 1.807) is 0 Å². The number of hydrogen-bond acceptors (Lipinski definition) is 3. The number of pyridine rings is 1. The van der Waals surface area contributed by atoms with Gasteiger partial charge < -0.3 is 10.2 Å². The minimum Gasteiger partial charge on any atom is -0.383 e. The number of likely N-dealkylation sites (tertiary alicyclic amines) is 1. The third kappa shape index (κ3) is 2.78. The summed E-state index contributed by atoms with van der Waals surface area (Å²) in [6.45, 7) is 4.30. The minimum atomic E-state index is 0.649. The van der Waals surface area contributed by atoms with Crippen LogP contribution in [-0.4, -0.2) is 36.1 Å². The Balaban J connectivity index is 1.80. The standard InChI is InChI=1S/C17H23N3/c1-13-11-17(15-8-3-4-9-16(15)19-13)18-12-14-7-5-6-10-20(14)2/h3-4,8-9,11,14H,5-7,10,12H2,1-2H3,(H,18,19). The van der Waals surface area contributed by atoms with Gasteiger partial charge in [0.05, 0.1) is 5.52 Å². The SMILES string of the molecule is Cc1cc(NCC2CCCCN2C)c2ccccc2n1. The first-order valence-electron chi connectivity index (χ1n) is 7.54. The van der Waals surface area contributed by atoms with Crippen molar-refractivity contribution >= 4 is 16.6 Å². The fourth-order valence-corrected chi connectivity index (χ4v) is 3.08. The van der Waals surface area contributed by atoms with Gasteiger partial charge in [-0.3, -0.25) is 4.98 Å². The maximum absolute atomic E-state index is 4.60. The first-order chi connectivity index (χ1) is 9.74. The van der Waals surface area contributed by atoms with Gasteiger partial charge in [-0.25, -0.2) is 0 Å². The Morgan fingerprint density at radius 2 is 2.15 bits per heavy atom. The molecular weight excluding hydrogens is 246 g/mol. The van der Waals surface area contributed by atoms with Gasteiger partial charge in [0.15, 0.2) is 0 Å². The van der Waals surface area contributed by atoms with Crippen molar-refractivity contribution in [2.24, 2.45) is 0 Å². The van der Waals surface area contributed by atoms with Crippen LogP contribution < -0.4 is 5.32 Å². The van der Waals surface area contributed by atoms with Crippen LogP contribution in [0.1, 0.15) is 25.0 Å². The highest BCUT2D eigenvalue weighted by atomic mass is 15.2. The largest absolute Gasteiger partial charge is 0.383 e. The fraction of sp³-hybridized carbons (Fsp3) is 0.471. The summed E-state index contributed by atoms with van der Waals surface area (Å²) in [4.78, 5) is 7.07. The zero-order valence-corrected chi connectivity index (χ0v) is 12.4. The van der Waals surface area contributed by atoms with Crippen LogP contribution in [0.5, 0.6) is 0 Å². The molecule has 1 unspecified atom stereocenters. The molecule has 0 radical (unpaired) electrons. The second kappa shape index (κ2) is 5.80. The topological polar surface area (TPSA) is 28.2 Å². The molecule has 1 aliphatic rings. The van der Waals surface area contributed by atoms with Crippen molar-refractivity contribution in [1.29, 1.82) is 0 Å². The molecule has 2 heterocycles. The van der Waals surface area contributed by atoms with Crippen molar-refractivity contribution in [3.63, 3.8) is 0 Å². The summed E-state index contributed by atoms with van der Waals surface area (Å²) in [5.41, 5.74) is 3.36. The third-order valence-corrected chi connectivity index (χ3v) is 4.29. The Labute approximate surface area is 121 Å². The van der Waals surface area contributed by atoms with Crippen molar-refractivity contribution in [2.45, 2.75) is 32.2 Å². The number of nitrogens with zero attached hydrogens (tertiary/aromatic N) is 2. The Kier molecular flexibility index (Phi) is 3.88. The number of benzene rings is 1. The molecule has 106 valence electrons. The number of hydrogen-bond donors (Lipinski definition) is 1. The Bertz CT molecular complexity index is 594. The van der Waals surface area contributed by atoms with Crippen LogP contribution in [0.3, 0.4) is 0 Å². The average Bonchev–Trinajstić information content (AvgIpc) is 2.46. The van der Waals surface area contributed by atoms with E-state index in [1.165, 1.54) is 36.9 Å². The first-order valence-corrected chi connectivity index (χ1v) is 7.54. The van der Waals surface area contributed by atoms with E-state index in [0.717, 1.165) is 17.8 Å². The predicted molar refractivity (Wildman–Crippen MR) is 85.2 cm³/mol. The molecule has 1 saturated heterocycles. The van der Waals surface area contributed by atoms with Crippen molar-refractivity contribution in [1.82, 2.24) is 9.88 Å². The van der Waals surface area contributed by atoms with Crippen molar-refractivity contribution < 1.29 is 0 Å². The second-order valence-electron chi connectivity index (χ2n) is 5.84. The van der Waals surface area contributed by atoms with Gasteiger partial charge in [0, 0.05) is 29.4 Å². The number of aryl methyl sites for hydroxylation is 1. The quantitative estimate of drug-likeness (QED) is 0.925. The van der Waals surface area contributed by atoms with Crippen LogP contribution in [-0.2, 0) is 0 Å². The van der Waals surface area contributed by atoms with E-state index in [2.05, 4.69) is 53.4 Å². The lowest BCUT2D eigenvalue weighted by Gasteiger charge is -2.32. The number of fused-ring (bicyclic) bond motifs is 1. The molecule has 0 aliphatic carbocycles. The summed E-state index contributed by atoms with van der Waals surface area (Å²) >= 11 is 0. The van der Waals surface area contributed by atoms with E-state index in [9.17, 15) is 0 Å². The molecule has 2 aromatic rings. The number of para-hydroxylation sites is 1. The number of aromatic nitrogens is 1. The van der Waals surface area contributed by atoms with Crippen molar-refractivity contribution in [3.05, 3.63) is 36.0 Å². The molecule has 1 fully saturated rings. The summed E-state index contributed by atoms with van der Waals surface area (Å²) in [7, 11) is 2.24. The van der Waals surface area contributed by atoms with E-state index >= 15 is 0 Å². The van der Waals surface area contributed by atoms with Gasteiger partial charge in [0.1, 0.15) is 0 Å². The lowest BCUT2D eigenvalue weighted by molar-refractivity contribution is 0.195. The normalized spacial score (nSPS) is 20.2. The highest BCUT2D eigenvalue weighted by Crippen LogP contribution is 2.24. The average molecular weight is 269 g/mol. The number of rotatable bonds is 3. The highest BCUT2D eigenvalue weighted by Gasteiger charge is 2.18. The molecule has 3 heteroatoms. The van der Waals surface area contributed by atoms with Crippen LogP contribution in [0, 0.1) is 6.92 Å². The zero-order valence-electron chi connectivity index (χ0n) is 12.4. The van der Waals surface area contributed by atoms with Gasteiger partial charge in [-0.1, -0.05) is 24.6 Å². The van der Waals surface area contributed by atoms with Crippen LogP contribution in [0.25, 0.3) is 10.9 Å². The molecule has 1 atom stereocenters. The molecule has 0 amide bonds. The molecule has 3 rings (SSSR count). The highest BCUT2D eigenvalue weighted by molar-refractivity contribution is 5.91.